The summed E-state index contributed by atoms with van der Waals surface area (Å²) in [6.07, 6.45) is 0. The van der Waals surface area contributed by atoms with E-state index in [1.165, 1.54) is 11.8 Å². The van der Waals surface area contributed by atoms with Crippen LogP contribution in [0.1, 0.15) is 17.2 Å². The van der Waals surface area contributed by atoms with Gasteiger partial charge in [-0.2, -0.15) is 0 Å². The van der Waals surface area contributed by atoms with Crippen molar-refractivity contribution in [3.63, 3.8) is 0 Å². The van der Waals surface area contributed by atoms with E-state index in [4.69, 9.17) is 4.74 Å². The third-order valence-electron chi connectivity index (χ3n) is 5.51. The van der Waals surface area contributed by atoms with Crippen LogP contribution in [0.15, 0.2) is 90.1 Å². The maximum Gasteiger partial charge on any atom is 0.236 e. The Bertz CT molecular complexity index is 1230. The number of nitrogens with zero attached hydrogens (tertiary/aromatic N) is 3. The molecule has 2 N–H and O–H groups in total. The number of carbonyl (C=O) groups is 1. The Morgan fingerprint density at radius 1 is 1.00 bits per heavy atom. The number of hydrogen-bond donors (Lipinski definition) is 2. The summed E-state index contributed by atoms with van der Waals surface area (Å²) in [6, 6.07) is 27.3. The number of methoxy groups -OCH3 is 1. The van der Waals surface area contributed by atoms with E-state index >= 15 is 0 Å². The molecule has 8 heteroatoms. The van der Waals surface area contributed by atoms with Crippen LogP contribution in [0, 0.1) is 0 Å². The van der Waals surface area contributed by atoms with Crippen molar-refractivity contribution >= 4 is 17.7 Å². The van der Waals surface area contributed by atoms with Crippen LogP contribution in [0.5, 0.6) is 5.75 Å². The van der Waals surface area contributed by atoms with E-state index in [-0.39, 0.29) is 11.9 Å². The Labute approximate surface area is 196 Å². The van der Waals surface area contributed by atoms with Gasteiger partial charge in [0.25, 0.3) is 0 Å². The van der Waals surface area contributed by atoms with Crippen LogP contribution in [-0.4, -0.2) is 33.1 Å². The standard InChI is InChI=1S/C25H23N5O2S/c1-32-20-14-12-17(13-15-20)16-26-24(31)22-21(18-8-4-2-5-9-18)29-30-23(27-28-25(30)33-22)19-10-6-3-7-11-19/h2-15,21-22,29H,16H2,1H3,(H,26,31)/t21-,22-/m0/s1. The maximum absolute atomic E-state index is 13.3. The third-order valence-corrected chi connectivity index (χ3v) is 6.73. The highest BCUT2D eigenvalue weighted by atomic mass is 32.2. The van der Waals surface area contributed by atoms with Crippen molar-refractivity contribution in [1.29, 1.82) is 0 Å². The van der Waals surface area contributed by atoms with Crippen molar-refractivity contribution in [2.24, 2.45) is 0 Å². The topological polar surface area (TPSA) is 81.1 Å². The molecule has 4 aromatic rings. The Hall–Kier alpha value is -3.78. The number of carbonyl (C=O) groups excluding carboxylic acids is 1. The van der Waals surface area contributed by atoms with Gasteiger partial charge < -0.3 is 15.5 Å². The molecule has 0 bridgehead atoms. The van der Waals surface area contributed by atoms with Crippen molar-refractivity contribution in [2.45, 2.75) is 23.0 Å². The minimum atomic E-state index is -0.411. The van der Waals surface area contributed by atoms with Crippen molar-refractivity contribution in [2.75, 3.05) is 12.5 Å². The van der Waals surface area contributed by atoms with E-state index in [1.807, 2.05) is 89.6 Å². The maximum atomic E-state index is 13.3. The molecule has 166 valence electrons. The molecule has 0 spiro atoms. The largest absolute Gasteiger partial charge is 0.497 e. The highest BCUT2D eigenvalue weighted by Gasteiger charge is 2.37. The summed E-state index contributed by atoms with van der Waals surface area (Å²) < 4.78 is 7.09. The fourth-order valence-corrected chi connectivity index (χ4v) is 4.88. The molecular formula is C25H23N5O2S. The van der Waals surface area contributed by atoms with Gasteiger partial charge in [-0.3, -0.25) is 4.79 Å². The molecule has 1 amide bonds. The second-order valence-corrected chi connectivity index (χ2v) is 8.74. The van der Waals surface area contributed by atoms with Gasteiger partial charge in [-0.1, -0.05) is 84.6 Å². The van der Waals surface area contributed by atoms with E-state index < -0.39 is 5.25 Å². The second kappa shape index (κ2) is 9.38. The van der Waals surface area contributed by atoms with E-state index in [9.17, 15) is 4.79 Å². The Balaban J connectivity index is 1.41. The van der Waals surface area contributed by atoms with E-state index in [0.717, 1.165) is 28.3 Å². The molecule has 2 heterocycles. The molecule has 5 rings (SSSR count). The molecule has 1 aliphatic heterocycles. The first-order chi connectivity index (χ1) is 16.2. The van der Waals surface area contributed by atoms with Gasteiger partial charge in [0.2, 0.25) is 11.1 Å². The molecule has 0 saturated carbocycles. The van der Waals surface area contributed by atoms with Gasteiger partial charge in [0, 0.05) is 12.1 Å². The summed E-state index contributed by atoms with van der Waals surface area (Å²) in [5.74, 6) is 1.44. The number of rotatable bonds is 6. The molecule has 7 nitrogen and oxygen atoms in total. The molecule has 3 aromatic carbocycles. The molecule has 0 saturated heterocycles. The zero-order valence-electron chi connectivity index (χ0n) is 18.0. The van der Waals surface area contributed by atoms with Crippen LogP contribution < -0.4 is 15.5 Å². The van der Waals surface area contributed by atoms with Crippen molar-refractivity contribution in [1.82, 2.24) is 20.2 Å². The summed E-state index contributed by atoms with van der Waals surface area (Å²) >= 11 is 1.42. The average molecular weight is 458 g/mol. The fourth-order valence-electron chi connectivity index (χ4n) is 3.77. The van der Waals surface area contributed by atoms with Crippen molar-refractivity contribution < 1.29 is 9.53 Å². The zero-order valence-corrected chi connectivity index (χ0v) is 18.8. The number of thioether (sulfide) groups is 1. The minimum absolute atomic E-state index is 0.0623. The molecule has 0 radical (unpaired) electrons. The number of ether oxygens (including phenoxy) is 1. The lowest BCUT2D eigenvalue weighted by molar-refractivity contribution is -0.121. The lowest BCUT2D eigenvalue weighted by Gasteiger charge is -2.33. The first kappa shape index (κ1) is 21.1. The van der Waals surface area contributed by atoms with Gasteiger partial charge in [-0.25, -0.2) is 4.68 Å². The molecule has 0 unspecified atom stereocenters. The third kappa shape index (κ3) is 4.42. The highest BCUT2D eigenvalue weighted by Crippen LogP contribution is 2.38. The van der Waals surface area contributed by atoms with Crippen molar-refractivity contribution in [3.8, 4) is 17.1 Å². The molecule has 1 aliphatic rings. The van der Waals surface area contributed by atoms with Crippen LogP contribution in [0.3, 0.4) is 0 Å². The number of fused-ring (bicyclic) bond motifs is 1. The van der Waals surface area contributed by atoms with Gasteiger partial charge in [-0.05, 0) is 23.3 Å². The van der Waals surface area contributed by atoms with Crippen LogP contribution >= 0.6 is 11.8 Å². The lowest BCUT2D eigenvalue weighted by Crippen LogP contribution is -2.43. The van der Waals surface area contributed by atoms with E-state index in [0.29, 0.717) is 11.7 Å². The average Bonchev–Trinajstić information content (AvgIpc) is 3.31. The summed E-state index contributed by atoms with van der Waals surface area (Å²) in [6.45, 7) is 0.434. The van der Waals surface area contributed by atoms with Crippen LogP contribution in [0.4, 0.5) is 0 Å². The van der Waals surface area contributed by atoms with Gasteiger partial charge in [-0.15, -0.1) is 10.2 Å². The molecule has 1 aromatic heterocycles. The van der Waals surface area contributed by atoms with E-state index in [1.54, 1.807) is 7.11 Å². The minimum Gasteiger partial charge on any atom is -0.497 e. The monoisotopic (exact) mass is 457 g/mol. The quantitative estimate of drug-likeness (QED) is 0.455. The molecule has 2 atom stereocenters. The number of hydrogen-bond acceptors (Lipinski definition) is 6. The molecule has 0 fully saturated rings. The normalized spacial score (nSPS) is 17.0. The van der Waals surface area contributed by atoms with Crippen LogP contribution in [0.25, 0.3) is 11.4 Å². The van der Waals surface area contributed by atoms with Crippen LogP contribution in [0.2, 0.25) is 0 Å². The van der Waals surface area contributed by atoms with E-state index in [2.05, 4.69) is 20.9 Å². The smallest absolute Gasteiger partial charge is 0.236 e. The Morgan fingerprint density at radius 2 is 1.70 bits per heavy atom. The van der Waals surface area contributed by atoms with Gasteiger partial charge in [0.1, 0.15) is 11.0 Å². The number of aromatic nitrogens is 3. The van der Waals surface area contributed by atoms with Gasteiger partial charge in [0.15, 0.2) is 5.82 Å². The number of nitrogens with one attached hydrogen (secondary N) is 2. The van der Waals surface area contributed by atoms with Gasteiger partial charge in [0.05, 0.1) is 13.2 Å². The predicted molar refractivity (Wildman–Crippen MR) is 128 cm³/mol. The summed E-state index contributed by atoms with van der Waals surface area (Å²) in [4.78, 5) is 13.3. The molecular weight excluding hydrogens is 434 g/mol. The Kier molecular flexibility index (Phi) is 5.99. The predicted octanol–water partition coefficient (Wildman–Crippen LogP) is 4.03. The lowest BCUT2D eigenvalue weighted by atomic mass is 10.0. The number of amides is 1. The Morgan fingerprint density at radius 3 is 2.39 bits per heavy atom. The number of benzene rings is 3. The first-order valence-corrected chi connectivity index (χ1v) is 11.5. The summed E-state index contributed by atoms with van der Waals surface area (Å²) in [5, 5.41) is 12.1. The SMILES string of the molecule is COc1ccc(CNC(=O)[C@H]2Sc3nnc(-c4ccccc4)n3N[C@H]2c2ccccc2)cc1. The zero-order chi connectivity index (χ0) is 22.6. The highest BCUT2D eigenvalue weighted by molar-refractivity contribution is 8.00. The van der Waals surface area contributed by atoms with Gasteiger partial charge >= 0.3 is 0 Å². The summed E-state index contributed by atoms with van der Waals surface area (Å²) in [5.41, 5.74) is 6.48. The second-order valence-electron chi connectivity index (χ2n) is 7.63. The fraction of sp³-hybridized carbons (Fsp3) is 0.160. The van der Waals surface area contributed by atoms with Crippen molar-refractivity contribution in [3.05, 3.63) is 96.1 Å². The molecule has 0 aliphatic carbocycles. The molecule has 33 heavy (non-hydrogen) atoms. The van der Waals surface area contributed by atoms with Crippen LogP contribution in [-0.2, 0) is 11.3 Å². The summed E-state index contributed by atoms with van der Waals surface area (Å²) in [7, 11) is 1.63. The first-order valence-electron chi connectivity index (χ1n) is 10.6.